The second kappa shape index (κ2) is 70.1. The molecule has 0 radical (unpaired) electrons. The van der Waals surface area contributed by atoms with E-state index in [-0.39, 0.29) is 25.7 Å². The van der Waals surface area contributed by atoms with Gasteiger partial charge >= 0.3 is 39.5 Å². The maximum atomic E-state index is 13.1. The summed E-state index contributed by atoms with van der Waals surface area (Å²) in [7, 11) is -9.92. The van der Waals surface area contributed by atoms with Gasteiger partial charge in [0.15, 0.2) is 12.2 Å². The average Bonchev–Trinajstić information content (AvgIpc) is 0.928. The highest BCUT2D eigenvalue weighted by Crippen LogP contribution is 2.45. The van der Waals surface area contributed by atoms with Gasteiger partial charge in [0.2, 0.25) is 0 Å². The van der Waals surface area contributed by atoms with Gasteiger partial charge in [-0.1, -0.05) is 364 Å². The summed E-state index contributed by atoms with van der Waals surface area (Å²) in [4.78, 5) is 73.0. The molecule has 0 fully saturated rings. The van der Waals surface area contributed by atoms with Crippen molar-refractivity contribution in [2.75, 3.05) is 39.6 Å². The van der Waals surface area contributed by atoms with Crippen molar-refractivity contribution in [1.82, 2.24) is 0 Å². The first-order chi connectivity index (χ1) is 48.2. The number of carbonyl (C=O) groups excluding carboxylic acids is 4. The van der Waals surface area contributed by atoms with Crippen LogP contribution in [0, 0.1) is 23.7 Å². The second-order valence-electron chi connectivity index (χ2n) is 30.6. The molecule has 17 nitrogen and oxygen atoms in total. The molecule has 0 saturated heterocycles. The molecule has 0 spiro atoms. The number of phosphoric acid groups is 2. The molecule has 3 N–H and O–H groups in total. The van der Waals surface area contributed by atoms with Crippen molar-refractivity contribution < 1.29 is 80.2 Å². The molecule has 4 unspecified atom stereocenters. The Bertz CT molecular complexity index is 1960. The molecule has 0 amide bonds. The van der Waals surface area contributed by atoms with E-state index in [0.29, 0.717) is 25.7 Å². The zero-order valence-corrected chi connectivity index (χ0v) is 67.6. The molecule has 0 aliphatic carbocycles. The lowest BCUT2D eigenvalue weighted by Gasteiger charge is -2.21. The molecule has 0 aliphatic heterocycles. The Hall–Kier alpha value is -1.94. The molecule has 0 aliphatic rings. The molecule has 0 aromatic heterocycles. The van der Waals surface area contributed by atoms with Gasteiger partial charge in [0.1, 0.15) is 19.3 Å². The maximum Gasteiger partial charge on any atom is 0.472 e. The van der Waals surface area contributed by atoms with Crippen LogP contribution < -0.4 is 0 Å². The van der Waals surface area contributed by atoms with Crippen molar-refractivity contribution in [2.24, 2.45) is 23.7 Å². The number of hydrogen-bond acceptors (Lipinski definition) is 15. The quantitative estimate of drug-likeness (QED) is 0.0222. The number of aliphatic hydroxyl groups is 1. The molecule has 0 aromatic rings. The van der Waals surface area contributed by atoms with Gasteiger partial charge in [0.05, 0.1) is 26.4 Å². The van der Waals surface area contributed by atoms with E-state index < -0.39 is 97.5 Å². The minimum atomic E-state index is -4.96. The Balaban J connectivity index is 5.23. The Morgan fingerprint density at radius 2 is 0.480 bits per heavy atom. The van der Waals surface area contributed by atoms with E-state index >= 15 is 0 Å². The number of unbranched alkanes of at least 4 members (excludes halogenated alkanes) is 42. The third-order valence-electron chi connectivity index (χ3n) is 19.5. The fourth-order valence-corrected chi connectivity index (χ4v) is 13.9. The van der Waals surface area contributed by atoms with Crippen LogP contribution in [0.1, 0.15) is 415 Å². The zero-order chi connectivity index (χ0) is 73.8. The predicted molar refractivity (Wildman–Crippen MR) is 409 cm³/mol. The fourth-order valence-electron chi connectivity index (χ4n) is 12.4. The van der Waals surface area contributed by atoms with Crippen LogP contribution in [0.3, 0.4) is 0 Å². The van der Waals surface area contributed by atoms with Crippen LogP contribution in [0.15, 0.2) is 0 Å². The number of phosphoric ester groups is 2. The molecule has 0 rings (SSSR count). The SMILES string of the molecule is CCC(C)CCCCCCCCCCCCCCCCC(=O)O[C@H](COC(=O)CCCCCCCCC(C)CC)COP(=O)(O)OC[C@H](O)COP(=O)(O)OC[C@@H](COC(=O)CCCCCCCCCCCCCCCCCC(C)C)OC(=O)CCCCCCCCCCCCCC(C)C. The Labute approximate surface area is 613 Å². The van der Waals surface area contributed by atoms with E-state index in [4.69, 9.17) is 37.0 Å². The normalized spacial score (nSPS) is 14.6. The molecule has 19 heteroatoms. The molecule has 100 heavy (non-hydrogen) atoms. The Morgan fingerprint density at radius 1 is 0.280 bits per heavy atom. The van der Waals surface area contributed by atoms with Crippen LogP contribution in [0.4, 0.5) is 0 Å². The molecule has 0 heterocycles. The van der Waals surface area contributed by atoms with Gasteiger partial charge in [-0.25, -0.2) is 9.13 Å². The summed E-state index contributed by atoms with van der Waals surface area (Å²) < 4.78 is 68.7. The summed E-state index contributed by atoms with van der Waals surface area (Å²) in [6, 6.07) is 0. The lowest BCUT2D eigenvalue weighted by molar-refractivity contribution is -0.161. The van der Waals surface area contributed by atoms with Crippen molar-refractivity contribution in [2.45, 2.75) is 433 Å². The molecular formula is C81H158O17P2. The van der Waals surface area contributed by atoms with E-state index in [1.54, 1.807) is 0 Å². The first-order valence-electron chi connectivity index (χ1n) is 41.8. The zero-order valence-electron chi connectivity index (χ0n) is 65.8. The number of rotatable bonds is 78. The highest BCUT2D eigenvalue weighted by atomic mass is 31.2. The third kappa shape index (κ3) is 71.7. The Kier molecular flexibility index (Phi) is 68.7. The van der Waals surface area contributed by atoms with Crippen LogP contribution in [-0.2, 0) is 65.4 Å². The van der Waals surface area contributed by atoms with Gasteiger partial charge in [-0.3, -0.25) is 37.3 Å². The standard InChI is InChI=1S/C81H158O17P2/c1-9-73(7)59-51-43-35-29-23-17-14-15-19-25-31-37-47-55-63-80(85)98-77(68-92-79(84)62-54-46-40-39-44-52-60-74(8)10-2)70-96-100(89,90)94-66-75(82)65-93-99(87,88)95-69-76(97-81(86)64-56-48-38-32-26-20-22-28-34-42-50-58-72(5)6)67-91-78(83)61-53-45-36-30-24-18-13-11-12-16-21-27-33-41-49-57-71(3)4/h71-77,82H,9-70H2,1-8H3,(H,87,88)(H,89,90)/t73?,74?,75-,76-,77-/m1/s1. The van der Waals surface area contributed by atoms with Gasteiger partial charge in [-0.05, 0) is 49.4 Å². The van der Waals surface area contributed by atoms with E-state index in [9.17, 15) is 43.2 Å². The van der Waals surface area contributed by atoms with Gasteiger partial charge in [0.25, 0.3) is 0 Å². The van der Waals surface area contributed by atoms with Gasteiger partial charge in [0, 0.05) is 25.7 Å². The summed E-state index contributed by atoms with van der Waals surface area (Å²) in [6.45, 7) is 14.3. The van der Waals surface area contributed by atoms with E-state index in [2.05, 4.69) is 55.4 Å². The lowest BCUT2D eigenvalue weighted by atomic mass is 9.99. The lowest BCUT2D eigenvalue weighted by Crippen LogP contribution is -2.30. The van der Waals surface area contributed by atoms with Gasteiger partial charge in [-0.2, -0.15) is 0 Å². The van der Waals surface area contributed by atoms with E-state index in [0.717, 1.165) is 120 Å². The Morgan fingerprint density at radius 3 is 0.710 bits per heavy atom. The third-order valence-corrected chi connectivity index (χ3v) is 21.4. The molecule has 0 saturated carbocycles. The average molecular weight is 1470 g/mol. The minimum absolute atomic E-state index is 0.106. The number of ether oxygens (including phenoxy) is 4. The molecule has 7 atom stereocenters. The topological polar surface area (TPSA) is 237 Å². The molecular weight excluding hydrogens is 1310 g/mol. The van der Waals surface area contributed by atoms with Crippen LogP contribution in [0.25, 0.3) is 0 Å². The number of hydrogen-bond donors (Lipinski definition) is 3. The smallest absolute Gasteiger partial charge is 0.462 e. The first-order valence-corrected chi connectivity index (χ1v) is 44.8. The summed E-state index contributed by atoms with van der Waals surface area (Å²) in [5.74, 6) is 1.03. The monoisotopic (exact) mass is 1470 g/mol. The van der Waals surface area contributed by atoms with E-state index in [1.165, 1.54) is 212 Å². The highest BCUT2D eigenvalue weighted by Gasteiger charge is 2.30. The van der Waals surface area contributed by atoms with Gasteiger partial charge < -0.3 is 33.8 Å². The van der Waals surface area contributed by atoms with Gasteiger partial charge in [-0.15, -0.1) is 0 Å². The van der Waals surface area contributed by atoms with Crippen molar-refractivity contribution in [3.05, 3.63) is 0 Å². The minimum Gasteiger partial charge on any atom is -0.462 e. The number of aliphatic hydroxyl groups excluding tert-OH is 1. The summed E-state index contributed by atoms with van der Waals surface area (Å²) in [5.41, 5.74) is 0. The summed E-state index contributed by atoms with van der Waals surface area (Å²) in [5, 5.41) is 10.6. The first kappa shape index (κ1) is 98.1. The molecule has 0 bridgehead atoms. The number of carbonyl (C=O) groups is 4. The van der Waals surface area contributed by atoms with Crippen LogP contribution in [0.5, 0.6) is 0 Å². The molecule has 0 aromatic carbocycles. The molecule has 594 valence electrons. The predicted octanol–water partition coefficient (Wildman–Crippen LogP) is 24.0. The van der Waals surface area contributed by atoms with Crippen LogP contribution in [-0.4, -0.2) is 96.7 Å². The summed E-state index contributed by atoms with van der Waals surface area (Å²) in [6.07, 6.45) is 56.8. The second-order valence-corrected chi connectivity index (χ2v) is 33.5. The highest BCUT2D eigenvalue weighted by molar-refractivity contribution is 7.47. The van der Waals surface area contributed by atoms with E-state index in [1.807, 2.05) is 0 Å². The van der Waals surface area contributed by atoms with Crippen LogP contribution in [0.2, 0.25) is 0 Å². The van der Waals surface area contributed by atoms with Crippen LogP contribution >= 0.6 is 15.6 Å². The summed E-state index contributed by atoms with van der Waals surface area (Å²) >= 11 is 0. The van der Waals surface area contributed by atoms with Crippen molar-refractivity contribution in [3.8, 4) is 0 Å². The number of esters is 4. The van der Waals surface area contributed by atoms with Crippen molar-refractivity contribution in [1.29, 1.82) is 0 Å². The van der Waals surface area contributed by atoms with Crippen molar-refractivity contribution in [3.63, 3.8) is 0 Å². The fraction of sp³-hybridized carbons (Fsp3) is 0.951. The maximum absolute atomic E-state index is 13.1. The van der Waals surface area contributed by atoms with Crippen molar-refractivity contribution >= 4 is 39.5 Å². The largest absolute Gasteiger partial charge is 0.472 e.